The van der Waals surface area contributed by atoms with E-state index in [0.717, 1.165) is 37.2 Å². The quantitative estimate of drug-likeness (QED) is 0.776. The van der Waals surface area contributed by atoms with E-state index in [9.17, 15) is 4.79 Å². The van der Waals surface area contributed by atoms with Gasteiger partial charge in [0.1, 0.15) is 0 Å². The molecule has 130 valence electrons. The van der Waals surface area contributed by atoms with Crippen LogP contribution in [0.3, 0.4) is 0 Å². The van der Waals surface area contributed by atoms with Crippen molar-refractivity contribution in [2.45, 2.75) is 45.1 Å². The van der Waals surface area contributed by atoms with Gasteiger partial charge >= 0.3 is 5.97 Å². The van der Waals surface area contributed by atoms with Crippen LogP contribution in [-0.2, 0) is 4.74 Å². The summed E-state index contributed by atoms with van der Waals surface area (Å²) in [4.78, 5) is 16.6. The van der Waals surface area contributed by atoms with Gasteiger partial charge in [0, 0.05) is 24.6 Å². The lowest BCUT2D eigenvalue weighted by molar-refractivity contribution is 0.0265. The molecule has 1 saturated carbocycles. The third-order valence-corrected chi connectivity index (χ3v) is 4.41. The molecule has 1 aromatic carbocycles. The van der Waals surface area contributed by atoms with Gasteiger partial charge in [-0.05, 0) is 51.0 Å². The molecule has 1 aliphatic carbocycles. The average Bonchev–Trinajstić information content (AvgIpc) is 3.17. The van der Waals surface area contributed by atoms with Gasteiger partial charge in [0.25, 0.3) is 5.89 Å². The summed E-state index contributed by atoms with van der Waals surface area (Å²) >= 11 is 0. The Morgan fingerprint density at radius 2 is 2.08 bits per heavy atom. The van der Waals surface area contributed by atoms with Crippen molar-refractivity contribution in [3.63, 3.8) is 0 Å². The van der Waals surface area contributed by atoms with E-state index in [2.05, 4.69) is 15.2 Å². The van der Waals surface area contributed by atoms with Crippen molar-refractivity contribution >= 4 is 17.4 Å². The van der Waals surface area contributed by atoms with E-state index >= 15 is 0 Å². The van der Waals surface area contributed by atoms with Crippen molar-refractivity contribution in [3.05, 3.63) is 41.5 Å². The molecule has 2 heterocycles. The first-order valence-electron chi connectivity index (χ1n) is 8.56. The maximum Gasteiger partial charge on any atom is 0.338 e. The Morgan fingerprint density at radius 1 is 1.32 bits per heavy atom. The molecule has 0 N–H and O–H groups in total. The Balaban J connectivity index is 1.39. The highest BCUT2D eigenvalue weighted by Crippen LogP contribution is 2.38. The first kappa shape index (κ1) is 15.8. The second-order valence-corrected chi connectivity index (χ2v) is 6.57. The smallest absolute Gasteiger partial charge is 0.338 e. The first-order chi connectivity index (χ1) is 12.1. The summed E-state index contributed by atoms with van der Waals surface area (Å²) in [5.41, 5.74) is 2.56. The Bertz CT molecular complexity index is 808. The van der Waals surface area contributed by atoms with Crippen LogP contribution in [0.25, 0.3) is 0 Å². The monoisotopic (exact) mass is 340 g/mol. The van der Waals surface area contributed by atoms with Crippen LogP contribution in [0.4, 0.5) is 5.69 Å². The van der Waals surface area contributed by atoms with Gasteiger partial charge in [0.15, 0.2) is 11.9 Å². The number of nitrogens with zero attached hydrogens (tertiary/aromatic N) is 4. The van der Waals surface area contributed by atoms with E-state index in [1.807, 2.05) is 24.1 Å². The number of benzene rings is 1. The predicted octanol–water partition coefficient (Wildman–Crippen LogP) is 3.45. The molecule has 2 aromatic rings. The summed E-state index contributed by atoms with van der Waals surface area (Å²) in [5.74, 6) is 1.05. The van der Waals surface area contributed by atoms with E-state index in [-0.39, 0.29) is 0 Å². The summed E-state index contributed by atoms with van der Waals surface area (Å²) in [6, 6.07) is 7.25. The minimum absolute atomic E-state index is 0.341. The SMILES string of the molecule is CC1=NN(c2ccc(C(=O)OC(C)c3nc(C4CC4)no3)cc2)CC1. The third-order valence-electron chi connectivity index (χ3n) is 4.41. The molecule has 2 aliphatic rings. The number of carbonyl (C=O) groups excluding carboxylic acids is 1. The third kappa shape index (κ3) is 3.40. The average molecular weight is 340 g/mol. The minimum Gasteiger partial charge on any atom is -0.449 e. The fourth-order valence-electron chi connectivity index (χ4n) is 2.73. The second kappa shape index (κ2) is 6.31. The van der Waals surface area contributed by atoms with Crippen LogP contribution >= 0.6 is 0 Å². The number of ether oxygens (including phenoxy) is 1. The maximum atomic E-state index is 12.3. The van der Waals surface area contributed by atoms with Gasteiger partial charge in [-0.15, -0.1) is 0 Å². The van der Waals surface area contributed by atoms with Crippen molar-refractivity contribution in [2.24, 2.45) is 5.10 Å². The Hall–Kier alpha value is -2.70. The highest BCUT2D eigenvalue weighted by atomic mass is 16.6. The lowest BCUT2D eigenvalue weighted by Gasteiger charge is -2.14. The topological polar surface area (TPSA) is 80.8 Å². The lowest BCUT2D eigenvalue weighted by atomic mass is 10.2. The van der Waals surface area contributed by atoms with Gasteiger partial charge in [-0.3, -0.25) is 5.01 Å². The molecule has 4 rings (SSSR count). The summed E-state index contributed by atoms with van der Waals surface area (Å²) in [6.45, 7) is 4.62. The van der Waals surface area contributed by atoms with E-state index in [0.29, 0.717) is 23.2 Å². The van der Waals surface area contributed by atoms with Gasteiger partial charge in [-0.1, -0.05) is 5.16 Å². The fraction of sp³-hybridized carbons (Fsp3) is 0.444. The van der Waals surface area contributed by atoms with Crippen molar-refractivity contribution in [1.29, 1.82) is 0 Å². The van der Waals surface area contributed by atoms with Gasteiger partial charge in [-0.2, -0.15) is 10.1 Å². The van der Waals surface area contributed by atoms with Crippen molar-refractivity contribution < 1.29 is 14.1 Å². The largest absolute Gasteiger partial charge is 0.449 e. The number of hydrazone groups is 1. The predicted molar refractivity (Wildman–Crippen MR) is 91.6 cm³/mol. The number of hydrogen-bond donors (Lipinski definition) is 0. The Labute approximate surface area is 145 Å². The van der Waals surface area contributed by atoms with Gasteiger partial charge in [-0.25, -0.2) is 4.79 Å². The van der Waals surface area contributed by atoms with Crippen molar-refractivity contribution in [2.75, 3.05) is 11.6 Å². The molecular formula is C18H20N4O3. The van der Waals surface area contributed by atoms with Crippen LogP contribution in [-0.4, -0.2) is 28.4 Å². The molecule has 25 heavy (non-hydrogen) atoms. The Morgan fingerprint density at radius 3 is 2.72 bits per heavy atom. The number of carbonyl (C=O) groups is 1. The zero-order chi connectivity index (χ0) is 17.4. The number of rotatable bonds is 5. The summed E-state index contributed by atoms with van der Waals surface area (Å²) in [7, 11) is 0. The number of esters is 1. The summed E-state index contributed by atoms with van der Waals surface area (Å²) < 4.78 is 10.6. The zero-order valence-corrected chi connectivity index (χ0v) is 14.3. The second-order valence-electron chi connectivity index (χ2n) is 6.57. The molecule has 1 aromatic heterocycles. The molecular weight excluding hydrogens is 320 g/mol. The normalized spacial score (nSPS) is 18.2. The summed E-state index contributed by atoms with van der Waals surface area (Å²) in [6.07, 6.45) is 2.59. The molecule has 1 aliphatic heterocycles. The molecule has 1 atom stereocenters. The molecule has 0 spiro atoms. The molecule has 7 heteroatoms. The minimum atomic E-state index is -0.571. The van der Waals surface area contributed by atoms with E-state index in [4.69, 9.17) is 9.26 Å². The van der Waals surface area contributed by atoms with Crippen LogP contribution < -0.4 is 5.01 Å². The van der Waals surface area contributed by atoms with E-state index in [1.54, 1.807) is 19.1 Å². The van der Waals surface area contributed by atoms with Crippen LogP contribution in [0.1, 0.15) is 67.2 Å². The standard InChI is InChI=1S/C18H20N4O3/c1-11-9-10-22(20-11)15-7-5-14(6-8-15)18(23)24-12(2)17-19-16(21-25-17)13-3-4-13/h5-8,12-13H,3-4,9-10H2,1-2H3. The highest BCUT2D eigenvalue weighted by molar-refractivity contribution is 5.90. The van der Waals surface area contributed by atoms with Crippen LogP contribution in [0.15, 0.2) is 33.9 Å². The van der Waals surface area contributed by atoms with Crippen molar-refractivity contribution in [1.82, 2.24) is 10.1 Å². The molecule has 0 amide bonds. The first-order valence-corrected chi connectivity index (χ1v) is 8.56. The molecule has 0 bridgehead atoms. The van der Waals surface area contributed by atoms with Crippen LogP contribution in [0, 0.1) is 0 Å². The number of aromatic nitrogens is 2. The maximum absolute atomic E-state index is 12.3. The van der Waals surface area contributed by atoms with Gasteiger partial charge in [0.05, 0.1) is 11.3 Å². The fourth-order valence-corrected chi connectivity index (χ4v) is 2.73. The molecule has 1 unspecified atom stereocenters. The molecule has 0 radical (unpaired) electrons. The zero-order valence-electron chi connectivity index (χ0n) is 14.3. The molecule has 0 saturated heterocycles. The lowest BCUT2D eigenvalue weighted by Crippen LogP contribution is -2.13. The van der Waals surface area contributed by atoms with Crippen LogP contribution in [0.2, 0.25) is 0 Å². The van der Waals surface area contributed by atoms with E-state index in [1.165, 1.54) is 0 Å². The number of hydrogen-bond acceptors (Lipinski definition) is 7. The molecule has 7 nitrogen and oxygen atoms in total. The van der Waals surface area contributed by atoms with E-state index < -0.39 is 12.1 Å². The van der Waals surface area contributed by atoms with Crippen LogP contribution in [0.5, 0.6) is 0 Å². The van der Waals surface area contributed by atoms with Gasteiger partial charge < -0.3 is 9.26 Å². The van der Waals surface area contributed by atoms with Gasteiger partial charge in [0.2, 0.25) is 0 Å². The van der Waals surface area contributed by atoms with Crippen molar-refractivity contribution in [3.8, 4) is 0 Å². The molecule has 1 fully saturated rings. The Kier molecular flexibility index (Phi) is 3.99. The number of anilines is 1. The summed E-state index contributed by atoms with van der Waals surface area (Å²) in [5, 5.41) is 10.3. The highest BCUT2D eigenvalue weighted by Gasteiger charge is 2.30.